The van der Waals surface area contributed by atoms with E-state index in [1.54, 1.807) is 12.1 Å². The molecule has 0 fully saturated rings. The maximum Gasteiger partial charge on any atom is 0.335 e. The summed E-state index contributed by atoms with van der Waals surface area (Å²) in [6.45, 7) is 7.34. The molecule has 2 aromatic rings. The van der Waals surface area contributed by atoms with Gasteiger partial charge in [-0.2, -0.15) is 0 Å². The first-order valence-electron chi connectivity index (χ1n) is 8.13. The van der Waals surface area contributed by atoms with E-state index in [1.165, 1.54) is 5.56 Å². The van der Waals surface area contributed by atoms with Crippen molar-refractivity contribution in [1.29, 1.82) is 0 Å². The van der Waals surface area contributed by atoms with Gasteiger partial charge in [0.1, 0.15) is 0 Å². The van der Waals surface area contributed by atoms with E-state index >= 15 is 0 Å². The van der Waals surface area contributed by atoms with E-state index in [0.29, 0.717) is 11.5 Å². The van der Waals surface area contributed by atoms with Gasteiger partial charge in [0.05, 0.1) is 5.56 Å². The smallest absolute Gasteiger partial charge is 0.335 e. The zero-order chi connectivity index (χ0) is 16.7. The molecule has 0 heterocycles. The lowest BCUT2D eigenvalue weighted by Gasteiger charge is -2.24. The molecular formula is C20H25NO2. The molecule has 0 aromatic heterocycles. The number of carbonyl (C=O) groups is 1. The summed E-state index contributed by atoms with van der Waals surface area (Å²) in [5.74, 6) is -0.274. The van der Waals surface area contributed by atoms with Crippen LogP contribution in [0.3, 0.4) is 0 Å². The molecule has 1 N–H and O–H groups in total. The average Bonchev–Trinajstić information content (AvgIpc) is 2.53. The van der Waals surface area contributed by atoms with Gasteiger partial charge in [-0.3, -0.25) is 4.90 Å². The highest BCUT2D eigenvalue weighted by Gasteiger charge is 2.09. The Hall–Kier alpha value is -2.13. The minimum atomic E-state index is -0.875. The molecule has 0 spiro atoms. The highest BCUT2D eigenvalue weighted by atomic mass is 16.4. The molecule has 23 heavy (non-hydrogen) atoms. The van der Waals surface area contributed by atoms with Crippen LogP contribution in [-0.4, -0.2) is 29.1 Å². The highest BCUT2D eigenvalue weighted by Crippen LogP contribution is 2.11. The molecule has 0 saturated heterocycles. The third-order valence-electron chi connectivity index (χ3n) is 3.79. The van der Waals surface area contributed by atoms with Crippen molar-refractivity contribution in [3.8, 4) is 0 Å². The van der Waals surface area contributed by atoms with Gasteiger partial charge in [0.2, 0.25) is 0 Å². The van der Waals surface area contributed by atoms with Gasteiger partial charge in [-0.25, -0.2) is 4.79 Å². The van der Waals surface area contributed by atoms with Gasteiger partial charge in [-0.05, 0) is 35.6 Å². The van der Waals surface area contributed by atoms with Crippen LogP contribution >= 0.6 is 0 Å². The predicted octanol–water partition coefficient (Wildman–Crippen LogP) is 4.09. The van der Waals surface area contributed by atoms with Crippen LogP contribution in [0.15, 0.2) is 54.6 Å². The lowest BCUT2D eigenvalue weighted by molar-refractivity contribution is 0.0697. The first-order chi connectivity index (χ1) is 11.0. The van der Waals surface area contributed by atoms with Crippen LogP contribution in [0.2, 0.25) is 0 Å². The minimum absolute atomic E-state index is 0.341. The van der Waals surface area contributed by atoms with E-state index in [0.717, 1.165) is 31.6 Å². The topological polar surface area (TPSA) is 40.5 Å². The molecule has 0 aliphatic rings. The van der Waals surface area contributed by atoms with Crippen molar-refractivity contribution in [3.63, 3.8) is 0 Å². The van der Waals surface area contributed by atoms with Gasteiger partial charge in [-0.15, -0.1) is 0 Å². The first-order valence-corrected chi connectivity index (χ1v) is 8.13. The van der Waals surface area contributed by atoms with Crippen molar-refractivity contribution in [3.05, 3.63) is 71.3 Å². The molecule has 0 bridgehead atoms. The predicted molar refractivity (Wildman–Crippen MR) is 93.7 cm³/mol. The number of rotatable bonds is 8. The van der Waals surface area contributed by atoms with Gasteiger partial charge < -0.3 is 5.11 Å². The second-order valence-electron chi connectivity index (χ2n) is 6.37. The van der Waals surface area contributed by atoms with E-state index < -0.39 is 5.97 Å². The summed E-state index contributed by atoms with van der Waals surface area (Å²) in [4.78, 5) is 13.4. The average molecular weight is 311 g/mol. The largest absolute Gasteiger partial charge is 0.478 e. The van der Waals surface area contributed by atoms with Crippen LogP contribution in [0, 0.1) is 5.92 Å². The SMILES string of the molecule is CC(C)CN(CCc1ccccc1)Cc1ccc(C(=O)O)cc1. The quantitative estimate of drug-likeness (QED) is 0.798. The Morgan fingerprint density at radius 2 is 1.65 bits per heavy atom. The summed E-state index contributed by atoms with van der Waals surface area (Å²) >= 11 is 0. The molecule has 0 aliphatic heterocycles. The molecule has 122 valence electrons. The Labute approximate surface area is 138 Å². The summed E-state index contributed by atoms with van der Waals surface area (Å²) in [7, 11) is 0. The maximum absolute atomic E-state index is 10.9. The minimum Gasteiger partial charge on any atom is -0.478 e. The zero-order valence-corrected chi connectivity index (χ0v) is 13.9. The van der Waals surface area contributed by atoms with Crippen molar-refractivity contribution in [1.82, 2.24) is 4.90 Å². The fourth-order valence-corrected chi connectivity index (χ4v) is 2.69. The summed E-state index contributed by atoms with van der Waals surface area (Å²) in [5.41, 5.74) is 2.85. The summed E-state index contributed by atoms with van der Waals surface area (Å²) < 4.78 is 0. The monoisotopic (exact) mass is 311 g/mol. The van der Waals surface area contributed by atoms with Crippen LogP contribution in [-0.2, 0) is 13.0 Å². The van der Waals surface area contributed by atoms with E-state index in [-0.39, 0.29) is 0 Å². The Kier molecular flexibility index (Phi) is 6.36. The molecule has 0 atom stereocenters. The Morgan fingerprint density at radius 1 is 1.00 bits per heavy atom. The molecule has 0 saturated carbocycles. The number of nitrogens with zero attached hydrogens (tertiary/aromatic N) is 1. The van der Waals surface area contributed by atoms with Crippen molar-refractivity contribution < 1.29 is 9.90 Å². The number of carboxylic acid groups (broad SMARTS) is 1. The molecule has 3 heteroatoms. The lowest BCUT2D eigenvalue weighted by atomic mass is 10.1. The molecule has 0 unspecified atom stereocenters. The Balaban J connectivity index is 1.98. The summed E-state index contributed by atoms with van der Waals surface area (Å²) in [6, 6.07) is 17.7. The van der Waals surface area contributed by atoms with Gasteiger partial charge in [-0.1, -0.05) is 56.3 Å². The van der Waals surface area contributed by atoms with Crippen molar-refractivity contribution in [2.45, 2.75) is 26.8 Å². The third kappa shape index (κ3) is 5.87. The maximum atomic E-state index is 10.9. The lowest BCUT2D eigenvalue weighted by Crippen LogP contribution is -2.29. The Bertz CT molecular complexity index is 605. The summed E-state index contributed by atoms with van der Waals surface area (Å²) in [6.07, 6.45) is 1.03. The van der Waals surface area contributed by atoms with E-state index in [9.17, 15) is 4.79 Å². The van der Waals surface area contributed by atoms with Gasteiger partial charge >= 0.3 is 5.97 Å². The standard InChI is InChI=1S/C20H25NO2/c1-16(2)14-21(13-12-17-6-4-3-5-7-17)15-18-8-10-19(11-9-18)20(22)23/h3-11,16H,12-15H2,1-2H3,(H,22,23). The number of hydrogen-bond acceptors (Lipinski definition) is 2. The number of carboxylic acids is 1. The molecule has 2 rings (SSSR count). The molecule has 0 radical (unpaired) electrons. The molecule has 0 aliphatic carbocycles. The zero-order valence-electron chi connectivity index (χ0n) is 13.9. The van der Waals surface area contributed by atoms with Crippen molar-refractivity contribution in [2.24, 2.45) is 5.92 Å². The van der Waals surface area contributed by atoms with E-state index in [4.69, 9.17) is 5.11 Å². The van der Waals surface area contributed by atoms with Crippen LogP contribution in [0.4, 0.5) is 0 Å². The van der Waals surface area contributed by atoms with E-state index in [2.05, 4.69) is 43.0 Å². The molecule has 0 amide bonds. The highest BCUT2D eigenvalue weighted by molar-refractivity contribution is 5.87. The normalized spacial score (nSPS) is 11.1. The van der Waals surface area contributed by atoms with Crippen LogP contribution in [0.1, 0.15) is 35.3 Å². The molecule has 2 aromatic carbocycles. The van der Waals surface area contributed by atoms with Gasteiger partial charge in [0.25, 0.3) is 0 Å². The first kappa shape index (κ1) is 17.2. The summed E-state index contributed by atoms with van der Waals surface area (Å²) in [5, 5.41) is 8.98. The third-order valence-corrected chi connectivity index (χ3v) is 3.79. The number of benzene rings is 2. The molecule has 3 nitrogen and oxygen atoms in total. The van der Waals surface area contributed by atoms with Crippen molar-refractivity contribution in [2.75, 3.05) is 13.1 Å². The van der Waals surface area contributed by atoms with Gasteiger partial charge in [0.15, 0.2) is 0 Å². The van der Waals surface area contributed by atoms with Crippen molar-refractivity contribution >= 4 is 5.97 Å². The van der Waals surface area contributed by atoms with E-state index in [1.807, 2.05) is 18.2 Å². The number of aromatic carboxylic acids is 1. The van der Waals surface area contributed by atoms with Crippen LogP contribution < -0.4 is 0 Å². The number of hydrogen-bond donors (Lipinski definition) is 1. The van der Waals surface area contributed by atoms with Crippen LogP contribution in [0.25, 0.3) is 0 Å². The van der Waals surface area contributed by atoms with Gasteiger partial charge in [0, 0.05) is 19.6 Å². The fourth-order valence-electron chi connectivity index (χ4n) is 2.69. The Morgan fingerprint density at radius 3 is 2.22 bits per heavy atom. The second-order valence-corrected chi connectivity index (χ2v) is 6.37. The second kappa shape index (κ2) is 8.49. The molecular weight excluding hydrogens is 286 g/mol. The van der Waals surface area contributed by atoms with Crippen LogP contribution in [0.5, 0.6) is 0 Å². The fraction of sp³-hybridized carbons (Fsp3) is 0.350.